The molecule has 0 aliphatic heterocycles. The van der Waals surface area contributed by atoms with Gasteiger partial charge in [-0.2, -0.15) is 0 Å². The number of rotatable bonds is 5. The third-order valence-electron chi connectivity index (χ3n) is 4.93. The number of carbonyl (C=O) groups is 2. The average Bonchev–Trinajstić information content (AvgIpc) is 2.63. The van der Waals surface area contributed by atoms with Crippen molar-refractivity contribution in [3.05, 3.63) is 56.8 Å². The summed E-state index contributed by atoms with van der Waals surface area (Å²) < 4.78 is 1.54. The van der Waals surface area contributed by atoms with Crippen molar-refractivity contribution in [2.75, 3.05) is 19.0 Å². The van der Waals surface area contributed by atoms with Gasteiger partial charge in [0.1, 0.15) is 6.54 Å². The van der Waals surface area contributed by atoms with Crippen LogP contribution < -0.4 is 16.1 Å². The molecule has 0 aliphatic rings. The molecule has 3 aromatic rings. The van der Waals surface area contributed by atoms with Crippen molar-refractivity contribution in [3.63, 3.8) is 0 Å². The van der Waals surface area contributed by atoms with Gasteiger partial charge in [0.05, 0.1) is 21.7 Å². The molecule has 0 atom stereocenters. The van der Waals surface area contributed by atoms with Crippen molar-refractivity contribution in [2.24, 2.45) is 5.73 Å². The largest absolute Gasteiger partial charge is 0.480 e. The van der Waals surface area contributed by atoms with E-state index in [1.165, 1.54) is 6.92 Å². The van der Waals surface area contributed by atoms with Gasteiger partial charge in [0, 0.05) is 36.1 Å². The third-order valence-corrected chi connectivity index (χ3v) is 5.23. The van der Waals surface area contributed by atoms with Crippen LogP contribution in [-0.2, 0) is 16.1 Å². The number of ketones is 1. The van der Waals surface area contributed by atoms with Gasteiger partial charge < -0.3 is 20.3 Å². The quantitative estimate of drug-likeness (QED) is 0.478. The van der Waals surface area contributed by atoms with Gasteiger partial charge in [0.25, 0.3) is 0 Å². The number of aliphatic carboxylic acids is 1. The first-order valence-electron chi connectivity index (χ1n) is 9.20. The lowest BCUT2D eigenvalue weighted by Gasteiger charge is -2.22. The number of Topliss-reactive ketones (excluding diaryl/α,β-unsaturated/α-hetero) is 1. The van der Waals surface area contributed by atoms with Gasteiger partial charge in [-0.15, -0.1) is 0 Å². The average molecular weight is 428 g/mol. The van der Waals surface area contributed by atoms with Crippen LogP contribution in [0, 0.1) is 0 Å². The van der Waals surface area contributed by atoms with Gasteiger partial charge in [-0.05, 0) is 43.7 Å². The number of benzene rings is 2. The van der Waals surface area contributed by atoms with E-state index in [0.717, 1.165) is 0 Å². The molecule has 7 nitrogen and oxygen atoms in total. The number of anilines is 1. The first-order valence-corrected chi connectivity index (χ1v) is 9.58. The van der Waals surface area contributed by atoms with Crippen molar-refractivity contribution < 1.29 is 14.7 Å². The van der Waals surface area contributed by atoms with Crippen molar-refractivity contribution in [1.82, 2.24) is 4.57 Å². The summed E-state index contributed by atoms with van der Waals surface area (Å²) in [5.74, 6) is -1.30. The summed E-state index contributed by atoms with van der Waals surface area (Å²) >= 11 is 6.40. The van der Waals surface area contributed by atoms with Gasteiger partial charge in [-0.25, -0.2) is 0 Å². The highest BCUT2D eigenvalue weighted by Gasteiger charge is 2.20. The van der Waals surface area contributed by atoms with Crippen molar-refractivity contribution in [1.29, 1.82) is 0 Å². The minimum absolute atomic E-state index is 0.223. The maximum Gasteiger partial charge on any atom is 0.323 e. The van der Waals surface area contributed by atoms with E-state index in [9.17, 15) is 19.5 Å². The molecule has 3 N–H and O–H groups in total. The first-order chi connectivity index (χ1) is 14.0. The highest BCUT2D eigenvalue weighted by Crippen LogP contribution is 2.34. The van der Waals surface area contributed by atoms with Crippen LogP contribution in [-0.4, -0.2) is 35.5 Å². The lowest BCUT2D eigenvalue weighted by Crippen LogP contribution is -2.20. The predicted octanol–water partition coefficient (Wildman–Crippen LogP) is 3.24. The summed E-state index contributed by atoms with van der Waals surface area (Å²) in [4.78, 5) is 38.8. The molecule has 0 fully saturated rings. The predicted molar refractivity (Wildman–Crippen MR) is 120 cm³/mol. The Labute approximate surface area is 178 Å². The standard InChI is InChI=1S/C22H22ClN3O4/c1-11(24)19(12(2)27)13-5-6-14-17(9-13)26(10-18(28)29)20-15(22(14)30)7-8-16(23)21(20)25(3)4/h5-9H,10,24H2,1-4H3,(H,28,29). The topological polar surface area (TPSA) is 106 Å². The molecule has 2 aromatic carbocycles. The molecule has 0 aliphatic carbocycles. The van der Waals surface area contributed by atoms with Crippen LogP contribution in [0.1, 0.15) is 19.4 Å². The number of pyridine rings is 1. The summed E-state index contributed by atoms with van der Waals surface area (Å²) in [6.07, 6.45) is 0. The second kappa shape index (κ2) is 7.84. The van der Waals surface area contributed by atoms with Crippen LogP contribution in [0.25, 0.3) is 27.4 Å². The Morgan fingerprint density at radius 3 is 2.30 bits per heavy atom. The number of carboxylic acid groups (broad SMARTS) is 1. The number of halogens is 1. The fraction of sp³-hybridized carbons (Fsp3) is 0.227. The second-order valence-electron chi connectivity index (χ2n) is 7.34. The van der Waals surface area contributed by atoms with Crippen molar-refractivity contribution in [2.45, 2.75) is 20.4 Å². The zero-order valence-corrected chi connectivity index (χ0v) is 17.9. The summed E-state index contributed by atoms with van der Waals surface area (Å²) in [6, 6.07) is 8.10. The van der Waals surface area contributed by atoms with E-state index >= 15 is 0 Å². The number of fused-ring (bicyclic) bond motifs is 2. The van der Waals surface area contributed by atoms with Crippen LogP contribution in [0.2, 0.25) is 5.02 Å². The highest BCUT2D eigenvalue weighted by atomic mass is 35.5. The van der Waals surface area contributed by atoms with E-state index in [0.29, 0.717) is 49.3 Å². The summed E-state index contributed by atoms with van der Waals surface area (Å²) in [5.41, 5.74) is 8.19. The summed E-state index contributed by atoms with van der Waals surface area (Å²) in [6.45, 7) is 2.64. The van der Waals surface area contributed by atoms with Crippen LogP contribution in [0.5, 0.6) is 0 Å². The van der Waals surface area contributed by atoms with Gasteiger partial charge in [-0.3, -0.25) is 14.4 Å². The Hall–Kier alpha value is -3.32. The zero-order valence-electron chi connectivity index (χ0n) is 17.1. The van der Waals surface area contributed by atoms with E-state index in [1.807, 2.05) is 0 Å². The SMILES string of the molecule is CC(=O)C(=C(C)N)c1ccc2c(=O)c3ccc(Cl)c(N(C)C)c3n(CC(=O)O)c2c1. The lowest BCUT2D eigenvalue weighted by molar-refractivity contribution is -0.137. The number of carboxylic acids is 1. The summed E-state index contributed by atoms with van der Waals surface area (Å²) in [7, 11) is 3.54. The van der Waals surface area contributed by atoms with Gasteiger partial charge in [0.2, 0.25) is 0 Å². The van der Waals surface area contributed by atoms with E-state index in [-0.39, 0.29) is 11.2 Å². The Morgan fingerprint density at radius 2 is 1.77 bits per heavy atom. The lowest BCUT2D eigenvalue weighted by atomic mass is 9.98. The van der Waals surface area contributed by atoms with E-state index in [2.05, 4.69) is 0 Å². The Balaban J connectivity index is 2.60. The number of nitrogens with two attached hydrogens (primary N) is 1. The normalized spacial score (nSPS) is 12.2. The molecule has 156 valence electrons. The summed E-state index contributed by atoms with van der Waals surface area (Å²) in [5, 5.41) is 10.7. The van der Waals surface area contributed by atoms with E-state index in [4.69, 9.17) is 17.3 Å². The minimum atomic E-state index is -1.08. The maximum absolute atomic E-state index is 13.2. The molecular formula is C22H22ClN3O4. The molecule has 30 heavy (non-hydrogen) atoms. The molecule has 0 bridgehead atoms. The van der Waals surface area contributed by atoms with E-state index in [1.54, 1.807) is 60.8 Å². The Bertz CT molecular complexity index is 1300. The van der Waals surface area contributed by atoms with Crippen LogP contribution >= 0.6 is 11.6 Å². The van der Waals surface area contributed by atoms with Crippen LogP contribution in [0.3, 0.4) is 0 Å². The molecule has 0 radical (unpaired) electrons. The first kappa shape index (κ1) is 21.4. The fourth-order valence-corrected chi connectivity index (χ4v) is 4.13. The zero-order chi connectivity index (χ0) is 22.3. The molecule has 8 heteroatoms. The molecule has 3 rings (SSSR count). The number of hydrogen-bond acceptors (Lipinski definition) is 5. The number of aromatic nitrogens is 1. The monoisotopic (exact) mass is 427 g/mol. The smallest absolute Gasteiger partial charge is 0.323 e. The number of allylic oxidation sites excluding steroid dienone is 2. The van der Waals surface area contributed by atoms with Gasteiger partial charge >= 0.3 is 5.97 Å². The van der Waals surface area contributed by atoms with Crippen molar-refractivity contribution >= 4 is 56.4 Å². The third kappa shape index (κ3) is 3.52. The number of carbonyl (C=O) groups excluding carboxylic acids is 1. The van der Waals surface area contributed by atoms with Crippen LogP contribution in [0.15, 0.2) is 40.8 Å². The van der Waals surface area contributed by atoms with E-state index < -0.39 is 12.5 Å². The minimum Gasteiger partial charge on any atom is -0.480 e. The Morgan fingerprint density at radius 1 is 1.13 bits per heavy atom. The molecule has 0 spiro atoms. The highest BCUT2D eigenvalue weighted by molar-refractivity contribution is 6.35. The molecule has 0 amide bonds. The molecular weight excluding hydrogens is 406 g/mol. The van der Waals surface area contributed by atoms with Crippen LogP contribution in [0.4, 0.5) is 5.69 Å². The number of hydrogen-bond donors (Lipinski definition) is 2. The number of nitrogens with zero attached hydrogens (tertiary/aromatic N) is 2. The molecule has 1 heterocycles. The molecule has 0 unspecified atom stereocenters. The molecule has 0 saturated carbocycles. The van der Waals surface area contributed by atoms with Gasteiger partial charge in [-0.1, -0.05) is 17.7 Å². The Kier molecular flexibility index (Phi) is 5.59. The van der Waals surface area contributed by atoms with Gasteiger partial charge in [0.15, 0.2) is 11.2 Å². The van der Waals surface area contributed by atoms with Crippen molar-refractivity contribution in [3.8, 4) is 0 Å². The molecule has 0 saturated heterocycles. The molecule has 1 aromatic heterocycles. The maximum atomic E-state index is 13.2. The second-order valence-corrected chi connectivity index (χ2v) is 7.75. The fourth-order valence-electron chi connectivity index (χ4n) is 3.81.